The van der Waals surface area contributed by atoms with Crippen molar-refractivity contribution >= 4 is 34.9 Å². The molecule has 1 aliphatic heterocycles. The van der Waals surface area contributed by atoms with Gasteiger partial charge in [0, 0.05) is 37.1 Å². The van der Waals surface area contributed by atoms with Crippen LogP contribution in [0.3, 0.4) is 0 Å². The van der Waals surface area contributed by atoms with E-state index in [2.05, 4.69) is 25.6 Å². The summed E-state index contributed by atoms with van der Waals surface area (Å²) < 4.78 is 0. The lowest BCUT2D eigenvalue weighted by Gasteiger charge is -2.29. The molecule has 32 heavy (non-hydrogen) atoms. The van der Waals surface area contributed by atoms with E-state index in [0.717, 1.165) is 30.2 Å². The van der Waals surface area contributed by atoms with Crippen LogP contribution in [0, 0.1) is 5.41 Å². The van der Waals surface area contributed by atoms with E-state index in [1.807, 2.05) is 24.3 Å². The Morgan fingerprint density at radius 2 is 1.94 bits per heavy atom. The average Bonchev–Trinajstić information content (AvgIpc) is 2.82. The summed E-state index contributed by atoms with van der Waals surface area (Å²) in [6.45, 7) is 1.71. The fourth-order valence-electron chi connectivity index (χ4n) is 3.61. The number of pyridine rings is 1. The van der Waals surface area contributed by atoms with E-state index in [9.17, 15) is 9.59 Å². The van der Waals surface area contributed by atoms with Crippen LogP contribution in [0.1, 0.15) is 34.6 Å². The predicted molar refractivity (Wildman–Crippen MR) is 120 cm³/mol. The van der Waals surface area contributed by atoms with E-state index >= 15 is 0 Å². The Hall–Kier alpha value is -4.08. The minimum Gasteiger partial charge on any atom is -0.382 e. The number of nitrogen functional groups attached to an aromatic ring is 1. The molecule has 3 aromatic rings. The maximum atomic E-state index is 12.6. The van der Waals surface area contributed by atoms with Gasteiger partial charge in [0.05, 0.1) is 5.52 Å². The minimum atomic E-state index is -0.309. The van der Waals surface area contributed by atoms with E-state index in [1.54, 1.807) is 17.0 Å². The Morgan fingerprint density at radius 1 is 1.16 bits per heavy atom. The zero-order valence-corrected chi connectivity index (χ0v) is 17.4. The third-order valence-electron chi connectivity index (χ3n) is 5.42. The van der Waals surface area contributed by atoms with E-state index < -0.39 is 0 Å². The molecule has 0 aliphatic carbocycles. The maximum Gasteiger partial charge on any atom is 0.270 e. The van der Waals surface area contributed by atoms with Crippen LogP contribution in [-0.2, 0) is 11.3 Å². The Labute approximate surface area is 184 Å². The number of nitrogens with one attached hydrogen (secondary N) is 3. The summed E-state index contributed by atoms with van der Waals surface area (Å²) in [6.07, 6.45) is 3.88. The fraction of sp³-hybridized carbons (Fsp3) is 0.273. The van der Waals surface area contributed by atoms with Gasteiger partial charge in [-0.1, -0.05) is 18.2 Å². The molecule has 0 atom stereocenters. The number of carbonyl (C=O) groups is 2. The number of amidine groups is 1. The van der Waals surface area contributed by atoms with Crippen molar-refractivity contribution in [3.05, 3.63) is 59.7 Å². The van der Waals surface area contributed by atoms with E-state index in [0.29, 0.717) is 36.7 Å². The molecule has 4 rings (SSSR count). The first-order valence-corrected chi connectivity index (χ1v) is 10.3. The molecule has 5 N–H and O–H groups in total. The van der Waals surface area contributed by atoms with Crippen LogP contribution in [0.2, 0.25) is 0 Å². The first-order valence-electron chi connectivity index (χ1n) is 10.3. The molecule has 3 heterocycles. The Balaban J connectivity index is 1.38. The quantitative estimate of drug-likeness (QED) is 0.249. The van der Waals surface area contributed by atoms with Crippen molar-refractivity contribution in [2.24, 2.45) is 5.73 Å². The predicted octanol–water partition coefficient (Wildman–Crippen LogP) is 1.27. The van der Waals surface area contributed by atoms with Gasteiger partial charge < -0.3 is 21.3 Å². The molecule has 164 valence electrons. The van der Waals surface area contributed by atoms with Crippen LogP contribution in [0.5, 0.6) is 0 Å². The molecule has 10 heteroatoms. The molecular weight excluding hydrogens is 408 g/mol. The van der Waals surface area contributed by atoms with Crippen molar-refractivity contribution in [3.8, 4) is 0 Å². The van der Waals surface area contributed by atoms with Crippen LogP contribution in [0.15, 0.2) is 42.7 Å². The summed E-state index contributed by atoms with van der Waals surface area (Å²) in [5.74, 6) is 0.186. The Bertz CT molecular complexity index is 1160. The standard InChI is InChI=1S/C22H24N8O2/c23-21(24)17-4-3-15-2-1-14(9-18(15)29-17)11-25-22(32)19-10-20(27-12-26-19)28-16-5-7-30(13-31)8-6-16/h1-4,9-10,12-13,16H,5-8,11H2,(H3,23,24)(H,25,32)(H,26,27,28). The Morgan fingerprint density at radius 3 is 2.69 bits per heavy atom. The number of piperidine rings is 1. The number of rotatable bonds is 7. The molecule has 1 aromatic carbocycles. The lowest BCUT2D eigenvalue weighted by atomic mass is 10.1. The van der Waals surface area contributed by atoms with Crippen LogP contribution in [0.25, 0.3) is 10.9 Å². The van der Waals surface area contributed by atoms with Crippen molar-refractivity contribution in [1.82, 2.24) is 25.2 Å². The zero-order valence-electron chi connectivity index (χ0n) is 17.4. The molecular formula is C22H24N8O2. The summed E-state index contributed by atoms with van der Waals surface area (Å²) >= 11 is 0. The maximum absolute atomic E-state index is 12.6. The molecule has 2 aromatic heterocycles. The highest BCUT2D eigenvalue weighted by molar-refractivity contribution is 5.95. The molecule has 0 saturated carbocycles. The third-order valence-corrected chi connectivity index (χ3v) is 5.42. The summed E-state index contributed by atoms with van der Waals surface area (Å²) in [5, 5.41) is 14.6. The molecule has 2 amide bonds. The number of benzene rings is 1. The van der Waals surface area contributed by atoms with Crippen molar-refractivity contribution in [1.29, 1.82) is 5.41 Å². The van der Waals surface area contributed by atoms with E-state index in [1.165, 1.54) is 6.33 Å². The van der Waals surface area contributed by atoms with Gasteiger partial charge in [0.2, 0.25) is 6.41 Å². The largest absolute Gasteiger partial charge is 0.382 e. The summed E-state index contributed by atoms with van der Waals surface area (Å²) in [4.78, 5) is 37.9. The number of anilines is 1. The lowest BCUT2D eigenvalue weighted by molar-refractivity contribution is -0.118. The Kier molecular flexibility index (Phi) is 6.20. The van der Waals surface area contributed by atoms with Crippen molar-refractivity contribution < 1.29 is 9.59 Å². The second-order valence-corrected chi connectivity index (χ2v) is 7.67. The van der Waals surface area contributed by atoms with Crippen LogP contribution < -0.4 is 16.4 Å². The normalized spacial score (nSPS) is 14.2. The summed E-state index contributed by atoms with van der Waals surface area (Å²) in [7, 11) is 0. The molecule has 0 unspecified atom stereocenters. The number of amides is 2. The highest BCUT2D eigenvalue weighted by atomic mass is 16.2. The van der Waals surface area contributed by atoms with E-state index in [4.69, 9.17) is 11.1 Å². The van der Waals surface area contributed by atoms with Gasteiger partial charge in [-0.3, -0.25) is 15.0 Å². The molecule has 1 fully saturated rings. The van der Waals surface area contributed by atoms with Gasteiger partial charge in [0.25, 0.3) is 5.91 Å². The van der Waals surface area contributed by atoms with Crippen molar-refractivity contribution in [3.63, 3.8) is 0 Å². The van der Waals surface area contributed by atoms with Gasteiger partial charge in [-0.05, 0) is 30.5 Å². The fourth-order valence-corrected chi connectivity index (χ4v) is 3.61. The van der Waals surface area contributed by atoms with Crippen LogP contribution in [-0.4, -0.2) is 57.1 Å². The molecule has 0 spiro atoms. The molecule has 10 nitrogen and oxygen atoms in total. The molecule has 0 bridgehead atoms. The van der Waals surface area contributed by atoms with Gasteiger partial charge in [-0.2, -0.15) is 0 Å². The second kappa shape index (κ2) is 9.38. The molecule has 0 radical (unpaired) electrons. The number of hydrogen-bond donors (Lipinski definition) is 4. The highest BCUT2D eigenvalue weighted by Gasteiger charge is 2.18. The van der Waals surface area contributed by atoms with Crippen molar-refractivity contribution in [2.75, 3.05) is 18.4 Å². The van der Waals surface area contributed by atoms with Gasteiger partial charge in [0.1, 0.15) is 29.4 Å². The summed E-state index contributed by atoms with van der Waals surface area (Å²) in [6, 6.07) is 11.1. The van der Waals surface area contributed by atoms with Gasteiger partial charge in [-0.25, -0.2) is 15.0 Å². The number of carbonyl (C=O) groups excluding carboxylic acids is 2. The van der Waals surface area contributed by atoms with E-state index in [-0.39, 0.29) is 23.5 Å². The summed E-state index contributed by atoms with van der Waals surface area (Å²) in [5.41, 5.74) is 7.78. The third kappa shape index (κ3) is 4.97. The molecule has 1 aliphatic rings. The highest BCUT2D eigenvalue weighted by Crippen LogP contribution is 2.16. The second-order valence-electron chi connectivity index (χ2n) is 7.67. The first-order chi connectivity index (χ1) is 15.5. The van der Waals surface area contributed by atoms with Gasteiger partial charge in [-0.15, -0.1) is 0 Å². The van der Waals surface area contributed by atoms with Gasteiger partial charge in [0.15, 0.2) is 0 Å². The number of nitrogens with two attached hydrogens (primary N) is 1. The van der Waals surface area contributed by atoms with Crippen LogP contribution >= 0.6 is 0 Å². The number of aromatic nitrogens is 3. The van der Waals surface area contributed by atoms with Gasteiger partial charge >= 0.3 is 0 Å². The monoisotopic (exact) mass is 432 g/mol. The average molecular weight is 432 g/mol. The first kappa shape index (κ1) is 21.2. The van der Waals surface area contributed by atoms with Crippen LogP contribution in [0.4, 0.5) is 5.82 Å². The topological polar surface area (TPSA) is 150 Å². The van der Waals surface area contributed by atoms with Crippen molar-refractivity contribution in [2.45, 2.75) is 25.4 Å². The number of nitrogens with zero attached hydrogens (tertiary/aromatic N) is 4. The zero-order chi connectivity index (χ0) is 22.5. The minimum absolute atomic E-state index is 0.0897. The number of fused-ring (bicyclic) bond motifs is 1. The number of likely N-dealkylation sites (tertiary alicyclic amines) is 1. The molecule has 1 saturated heterocycles. The SMILES string of the molecule is N=C(N)c1ccc2ccc(CNC(=O)c3cc(NC4CCN(C=O)CC4)ncn3)cc2n1. The lowest BCUT2D eigenvalue weighted by Crippen LogP contribution is -2.38. The smallest absolute Gasteiger partial charge is 0.270 e. The number of hydrogen-bond acceptors (Lipinski definition) is 7.